The number of rotatable bonds is 5. The van der Waals surface area contributed by atoms with E-state index in [4.69, 9.17) is 9.47 Å². The summed E-state index contributed by atoms with van der Waals surface area (Å²) in [7, 11) is 0. The zero-order valence-electron chi connectivity index (χ0n) is 12.0. The van der Waals surface area contributed by atoms with Gasteiger partial charge in [-0.3, -0.25) is 4.79 Å². The van der Waals surface area contributed by atoms with Gasteiger partial charge < -0.3 is 9.47 Å². The van der Waals surface area contributed by atoms with E-state index in [0.717, 1.165) is 13.0 Å². The van der Waals surface area contributed by atoms with Gasteiger partial charge in [-0.05, 0) is 32.6 Å². The first-order valence-electron chi connectivity index (χ1n) is 6.50. The molecule has 0 aromatic heterocycles. The molecule has 0 spiro atoms. The average Bonchev–Trinajstić information content (AvgIpc) is 2.66. The monoisotopic (exact) mass is 242 g/mol. The van der Waals surface area contributed by atoms with Crippen LogP contribution in [0.15, 0.2) is 0 Å². The van der Waals surface area contributed by atoms with E-state index in [0.29, 0.717) is 12.5 Å². The van der Waals surface area contributed by atoms with Gasteiger partial charge in [0.2, 0.25) is 0 Å². The Morgan fingerprint density at radius 2 is 1.88 bits per heavy atom. The van der Waals surface area contributed by atoms with Crippen molar-refractivity contribution >= 4 is 5.97 Å². The van der Waals surface area contributed by atoms with Crippen LogP contribution in [0.5, 0.6) is 0 Å². The third-order valence-electron chi connectivity index (χ3n) is 3.36. The summed E-state index contributed by atoms with van der Waals surface area (Å²) in [5.74, 6) is 0.232. The van der Waals surface area contributed by atoms with Gasteiger partial charge in [0.15, 0.2) is 0 Å². The normalized spacial score (nSPS) is 26.7. The molecule has 1 fully saturated rings. The largest absolute Gasteiger partial charge is 0.460 e. The molecule has 0 aromatic rings. The van der Waals surface area contributed by atoms with Gasteiger partial charge in [0.25, 0.3) is 0 Å². The Morgan fingerprint density at radius 3 is 2.35 bits per heavy atom. The van der Waals surface area contributed by atoms with Crippen molar-refractivity contribution in [3.05, 3.63) is 0 Å². The quantitative estimate of drug-likeness (QED) is 0.549. The van der Waals surface area contributed by atoms with Crippen LogP contribution in [0.1, 0.15) is 48.0 Å². The molecule has 2 atom stereocenters. The van der Waals surface area contributed by atoms with Crippen LogP contribution in [0.2, 0.25) is 0 Å². The van der Waals surface area contributed by atoms with Crippen LogP contribution in [0.25, 0.3) is 0 Å². The summed E-state index contributed by atoms with van der Waals surface area (Å²) in [4.78, 5) is 12.0. The van der Waals surface area contributed by atoms with Crippen molar-refractivity contribution in [2.45, 2.75) is 53.6 Å². The fourth-order valence-corrected chi connectivity index (χ4v) is 2.24. The summed E-state index contributed by atoms with van der Waals surface area (Å²) in [6.07, 6.45) is 1.02. The third-order valence-corrected chi connectivity index (χ3v) is 3.36. The molecule has 1 saturated carbocycles. The predicted octanol–water partition coefficient (Wildman–Crippen LogP) is 3.03. The fourth-order valence-electron chi connectivity index (χ4n) is 2.24. The highest BCUT2D eigenvalue weighted by atomic mass is 16.6. The number of esters is 1. The number of carbonyl (C=O) groups excluding carboxylic acids is 1. The molecule has 3 nitrogen and oxygen atoms in total. The number of hydrogen-bond acceptors (Lipinski definition) is 3. The van der Waals surface area contributed by atoms with Gasteiger partial charge in [0.1, 0.15) is 5.60 Å². The molecule has 0 aliphatic heterocycles. The predicted molar refractivity (Wildman–Crippen MR) is 67.7 cm³/mol. The van der Waals surface area contributed by atoms with Crippen LogP contribution in [0.3, 0.4) is 0 Å². The Labute approximate surface area is 105 Å². The Balaban J connectivity index is 2.47. The second kappa shape index (κ2) is 4.97. The lowest BCUT2D eigenvalue weighted by Gasteiger charge is -2.20. The molecule has 0 heterocycles. The lowest BCUT2D eigenvalue weighted by atomic mass is 10.1. The van der Waals surface area contributed by atoms with E-state index in [9.17, 15) is 4.79 Å². The molecule has 3 heteroatoms. The van der Waals surface area contributed by atoms with Crippen LogP contribution < -0.4 is 0 Å². The SMILES string of the molecule is CCCOCC1C(C(=O)OC(C)(C)C)C1(C)C. The molecule has 1 rings (SSSR count). The van der Waals surface area contributed by atoms with Gasteiger partial charge in [-0.25, -0.2) is 0 Å². The van der Waals surface area contributed by atoms with Gasteiger partial charge in [0.05, 0.1) is 12.5 Å². The standard InChI is InChI=1S/C14H26O3/c1-7-8-16-9-10-11(14(10,5)6)12(15)17-13(2,3)4/h10-11H,7-9H2,1-6H3. The van der Waals surface area contributed by atoms with Gasteiger partial charge in [-0.1, -0.05) is 20.8 Å². The summed E-state index contributed by atoms with van der Waals surface area (Å²) >= 11 is 0. The summed E-state index contributed by atoms with van der Waals surface area (Å²) in [6, 6.07) is 0. The minimum atomic E-state index is -0.398. The highest BCUT2D eigenvalue weighted by Gasteiger charge is 2.62. The Hall–Kier alpha value is -0.570. The van der Waals surface area contributed by atoms with Crippen molar-refractivity contribution in [2.24, 2.45) is 17.3 Å². The average molecular weight is 242 g/mol. The first-order valence-corrected chi connectivity index (χ1v) is 6.50. The molecule has 0 radical (unpaired) electrons. The van der Waals surface area contributed by atoms with Crippen molar-refractivity contribution in [1.29, 1.82) is 0 Å². The van der Waals surface area contributed by atoms with Crippen LogP contribution >= 0.6 is 0 Å². The second-order valence-electron chi connectivity index (χ2n) is 6.51. The molecule has 0 saturated heterocycles. The second-order valence-corrected chi connectivity index (χ2v) is 6.51. The Bertz CT molecular complexity index is 276. The lowest BCUT2D eigenvalue weighted by Crippen LogP contribution is -2.26. The fraction of sp³-hybridized carbons (Fsp3) is 0.929. The van der Waals surface area contributed by atoms with Crippen molar-refractivity contribution in [3.63, 3.8) is 0 Å². The molecule has 0 N–H and O–H groups in total. The van der Waals surface area contributed by atoms with Gasteiger partial charge >= 0.3 is 5.97 Å². The minimum absolute atomic E-state index is 0.00131. The molecule has 1 aliphatic rings. The molecule has 0 bridgehead atoms. The molecule has 17 heavy (non-hydrogen) atoms. The van der Waals surface area contributed by atoms with E-state index in [1.165, 1.54) is 0 Å². The lowest BCUT2D eigenvalue weighted by molar-refractivity contribution is -0.157. The van der Waals surface area contributed by atoms with Crippen LogP contribution in [0.4, 0.5) is 0 Å². The number of hydrogen-bond donors (Lipinski definition) is 0. The first kappa shape index (κ1) is 14.5. The number of ether oxygens (including phenoxy) is 2. The zero-order valence-corrected chi connectivity index (χ0v) is 12.0. The van der Waals surface area contributed by atoms with Gasteiger partial charge in [0, 0.05) is 12.5 Å². The smallest absolute Gasteiger partial charge is 0.310 e. The summed E-state index contributed by atoms with van der Waals surface area (Å²) in [5.41, 5.74) is -0.374. The maximum absolute atomic E-state index is 12.0. The van der Waals surface area contributed by atoms with E-state index >= 15 is 0 Å². The maximum atomic E-state index is 12.0. The Morgan fingerprint density at radius 1 is 1.29 bits per heavy atom. The molecule has 1 aliphatic carbocycles. The zero-order chi connectivity index (χ0) is 13.3. The summed E-state index contributed by atoms with van der Waals surface area (Å²) < 4.78 is 11.0. The highest BCUT2D eigenvalue weighted by Crippen LogP contribution is 2.59. The van der Waals surface area contributed by atoms with Crippen molar-refractivity contribution in [1.82, 2.24) is 0 Å². The van der Waals surface area contributed by atoms with Crippen LogP contribution in [0, 0.1) is 17.3 Å². The molecule has 2 unspecified atom stereocenters. The summed E-state index contributed by atoms with van der Waals surface area (Å²) in [5, 5.41) is 0. The topological polar surface area (TPSA) is 35.5 Å². The van der Waals surface area contributed by atoms with Crippen LogP contribution in [-0.4, -0.2) is 24.8 Å². The van der Waals surface area contributed by atoms with E-state index in [1.807, 2.05) is 20.8 Å². The molecular weight excluding hydrogens is 216 g/mol. The van der Waals surface area contributed by atoms with Crippen LogP contribution in [-0.2, 0) is 14.3 Å². The van der Waals surface area contributed by atoms with Gasteiger partial charge in [-0.2, -0.15) is 0 Å². The van der Waals surface area contributed by atoms with Crippen molar-refractivity contribution < 1.29 is 14.3 Å². The molecular formula is C14H26O3. The molecule has 0 amide bonds. The third kappa shape index (κ3) is 3.70. The minimum Gasteiger partial charge on any atom is -0.460 e. The van der Waals surface area contributed by atoms with Crippen molar-refractivity contribution in [2.75, 3.05) is 13.2 Å². The van der Waals surface area contributed by atoms with E-state index in [2.05, 4.69) is 20.8 Å². The summed E-state index contributed by atoms with van der Waals surface area (Å²) in [6.45, 7) is 13.5. The molecule has 100 valence electrons. The molecule has 0 aromatic carbocycles. The van der Waals surface area contributed by atoms with E-state index in [1.54, 1.807) is 0 Å². The highest BCUT2D eigenvalue weighted by molar-refractivity contribution is 5.78. The van der Waals surface area contributed by atoms with E-state index in [-0.39, 0.29) is 17.3 Å². The first-order chi connectivity index (χ1) is 7.70. The Kier molecular flexibility index (Phi) is 4.23. The van der Waals surface area contributed by atoms with Crippen molar-refractivity contribution in [3.8, 4) is 0 Å². The van der Waals surface area contributed by atoms with Gasteiger partial charge in [-0.15, -0.1) is 0 Å². The number of carbonyl (C=O) groups is 1. The maximum Gasteiger partial charge on any atom is 0.310 e. The van der Waals surface area contributed by atoms with E-state index < -0.39 is 5.60 Å².